The van der Waals surface area contributed by atoms with Crippen molar-refractivity contribution in [2.24, 2.45) is 11.1 Å². The van der Waals surface area contributed by atoms with Crippen LogP contribution in [0.4, 0.5) is 0 Å². The van der Waals surface area contributed by atoms with Crippen LogP contribution in [0.2, 0.25) is 0 Å². The molecule has 2 amide bonds. The van der Waals surface area contributed by atoms with Crippen LogP contribution in [-0.2, 0) is 21.0 Å². The van der Waals surface area contributed by atoms with Gasteiger partial charge in [0.1, 0.15) is 11.6 Å². The number of nitrogens with zero attached hydrogens (tertiary/aromatic N) is 2. The minimum Gasteiger partial charge on any atom is -0.493 e. The molecule has 2 aromatic carbocycles. The van der Waals surface area contributed by atoms with E-state index in [1.54, 1.807) is 25.3 Å². The van der Waals surface area contributed by atoms with E-state index in [-0.39, 0.29) is 18.4 Å². The standard InChI is InChI=1S/C20H18N2O5/c1-25-14-9-8-13(10-15(14)26-2)17-16-18(27-21-17)20(24)22(19(16)23)11-12-6-4-3-5-7-12/h3-10,16,18H,11H2,1-2H3/t16-,18+/m0/s1. The average molecular weight is 366 g/mol. The monoisotopic (exact) mass is 366 g/mol. The molecule has 1 saturated heterocycles. The number of fused-ring (bicyclic) bond motifs is 1. The van der Waals surface area contributed by atoms with Crippen LogP contribution >= 0.6 is 0 Å². The molecule has 0 bridgehead atoms. The number of rotatable bonds is 5. The van der Waals surface area contributed by atoms with Crippen LogP contribution in [0.1, 0.15) is 11.1 Å². The number of oxime groups is 1. The van der Waals surface area contributed by atoms with Crippen molar-refractivity contribution in [3.05, 3.63) is 59.7 Å². The fourth-order valence-electron chi connectivity index (χ4n) is 3.39. The Hall–Kier alpha value is -3.35. The van der Waals surface area contributed by atoms with E-state index >= 15 is 0 Å². The smallest absolute Gasteiger partial charge is 0.274 e. The van der Waals surface area contributed by atoms with Gasteiger partial charge >= 0.3 is 0 Å². The van der Waals surface area contributed by atoms with E-state index in [1.165, 1.54) is 12.0 Å². The third-order valence-electron chi connectivity index (χ3n) is 4.77. The molecule has 2 heterocycles. The predicted molar refractivity (Wildman–Crippen MR) is 96.4 cm³/mol. The highest BCUT2D eigenvalue weighted by Crippen LogP contribution is 2.35. The number of hydrogen-bond donors (Lipinski definition) is 0. The Morgan fingerprint density at radius 1 is 1.00 bits per heavy atom. The van der Waals surface area contributed by atoms with E-state index in [2.05, 4.69) is 5.16 Å². The Morgan fingerprint density at radius 2 is 1.74 bits per heavy atom. The first-order valence-corrected chi connectivity index (χ1v) is 8.49. The highest BCUT2D eigenvalue weighted by atomic mass is 16.6. The summed E-state index contributed by atoms with van der Waals surface area (Å²) in [6, 6.07) is 14.6. The molecule has 1 fully saturated rings. The lowest BCUT2D eigenvalue weighted by molar-refractivity contribution is -0.142. The first-order valence-electron chi connectivity index (χ1n) is 8.49. The molecule has 0 N–H and O–H groups in total. The van der Waals surface area contributed by atoms with Crippen LogP contribution in [0, 0.1) is 5.92 Å². The van der Waals surface area contributed by atoms with Crippen LogP contribution < -0.4 is 9.47 Å². The molecule has 0 unspecified atom stereocenters. The topological polar surface area (TPSA) is 77.4 Å². The summed E-state index contributed by atoms with van der Waals surface area (Å²) in [6.07, 6.45) is -0.913. The molecule has 0 aliphatic carbocycles. The molecule has 0 saturated carbocycles. The van der Waals surface area contributed by atoms with Crippen molar-refractivity contribution in [1.82, 2.24) is 4.90 Å². The van der Waals surface area contributed by atoms with E-state index in [0.717, 1.165) is 5.56 Å². The van der Waals surface area contributed by atoms with Crippen LogP contribution in [0.15, 0.2) is 53.7 Å². The second-order valence-electron chi connectivity index (χ2n) is 6.30. The van der Waals surface area contributed by atoms with Gasteiger partial charge in [-0.25, -0.2) is 0 Å². The average Bonchev–Trinajstić information content (AvgIpc) is 3.24. The van der Waals surface area contributed by atoms with Crippen molar-refractivity contribution in [3.8, 4) is 11.5 Å². The van der Waals surface area contributed by atoms with Crippen molar-refractivity contribution in [3.63, 3.8) is 0 Å². The molecule has 0 spiro atoms. The molecule has 27 heavy (non-hydrogen) atoms. The van der Waals surface area contributed by atoms with Gasteiger partial charge in [-0.2, -0.15) is 0 Å². The van der Waals surface area contributed by atoms with Crippen LogP contribution in [-0.4, -0.2) is 42.7 Å². The summed E-state index contributed by atoms with van der Waals surface area (Å²) in [7, 11) is 3.08. The first-order chi connectivity index (χ1) is 13.1. The number of imide groups is 1. The van der Waals surface area contributed by atoms with Gasteiger partial charge in [0.2, 0.25) is 12.0 Å². The van der Waals surface area contributed by atoms with Crippen molar-refractivity contribution in [1.29, 1.82) is 0 Å². The van der Waals surface area contributed by atoms with Gasteiger partial charge in [0.25, 0.3) is 5.91 Å². The zero-order valence-corrected chi connectivity index (χ0v) is 14.9. The van der Waals surface area contributed by atoms with Crippen molar-refractivity contribution < 1.29 is 23.9 Å². The van der Waals surface area contributed by atoms with E-state index < -0.39 is 12.0 Å². The summed E-state index contributed by atoms with van der Waals surface area (Å²) in [5.74, 6) is -0.344. The van der Waals surface area contributed by atoms with E-state index in [1.807, 2.05) is 30.3 Å². The Kier molecular flexibility index (Phi) is 4.27. The van der Waals surface area contributed by atoms with Gasteiger partial charge in [-0.15, -0.1) is 0 Å². The third kappa shape index (κ3) is 2.81. The highest BCUT2D eigenvalue weighted by molar-refractivity contribution is 6.23. The number of methoxy groups -OCH3 is 2. The Morgan fingerprint density at radius 3 is 2.44 bits per heavy atom. The van der Waals surface area contributed by atoms with Crippen molar-refractivity contribution in [2.75, 3.05) is 14.2 Å². The molecule has 2 aromatic rings. The molecule has 0 radical (unpaired) electrons. The van der Waals surface area contributed by atoms with Gasteiger partial charge in [-0.1, -0.05) is 35.5 Å². The maximum Gasteiger partial charge on any atom is 0.274 e. The summed E-state index contributed by atoms with van der Waals surface area (Å²) in [4.78, 5) is 32.2. The molecule has 2 aliphatic rings. The van der Waals surface area contributed by atoms with Crippen molar-refractivity contribution >= 4 is 17.5 Å². The largest absolute Gasteiger partial charge is 0.493 e. The lowest BCUT2D eigenvalue weighted by atomic mass is 9.94. The van der Waals surface area contributed by atoms with Gasteiger partial charge in [-0.05, 0) is 23.8 Å². The number of carbonyl (C=O) groups is 2. The minimum absolute atomic E-state index is 0.216. The van der Waals surface area contributed by atoms with Gasteiger partial charge in [0, 0.05) is 5.56 Å². The second-order valence-corrected chi connectivity index (χ2v) is 6.30. The fraction of sp³-hybridized carbons (Fsp3) is 0.250. The summed E-state index contributed by atoms with van der Waals surface area (Å²) in [5, 5.41) is 4.02. The lowest BCUT2D eigenvalue weighted by Gasteiger charge is -2.15. The zero-order valence-electron chi connectivity index (χ0n) is 14.9. The summed E-state index contributed by atoms with van der Waals surface area (Å²) >= 11 is 0. The molecule has 138 valence electrons. The maximum atomic E-state index is 13.0. The molecule has 0 aromatic heterocycles. The normalized spacial score (nSPS) is 21.0. The van der Waals surface area contributed by atoms with E-state index in [9.17, 15) is 9.59 Å². The summed E-state index contributed by atoms with van der Waals surface area (Å²) in [5.41, 5.74) is 1.96. The van der Waals surface area contributed by atoms with Crippen LogP contribution in [0.5, 0.6) is 11.5 Å². The predicted octanol–water partition coefficient (Wildman–Crippen LogP) is 1.99. The fourth-order valence-corrected chi connectivity index (χ4v) is 3.39. The van der Waals surface area contributed by atoms with Gasteiger partial charge < -0.3 is 14.3 Å². The molecule has 4 rings (SSSR count). The van der Waals surface area contributed by atoms with E-state index in [0.29, 0.717) is 22.8 Å². The quantitative estimate of drug-likeness (QED) is 0.757. The number of likely N-dealkylation sites (tertiary alicyclic amines) is 1. The Labute approximate surface area is 156 Å². The Bertz CT molecular complexity index is 925. The minimum atomic E-state index is -0.913. The second kappa shape index (κ2) is 6.75. The number of ether oxygens (including phenoxy) is 2. The SMILES string of the molecule is COc1ccc(C2=NO[C@H]3C(=O)N(Cc4ccccc4)C(=O)[C@@H]23)cc1OC. The number of carbonyl (C=O) groups excluding carboxylic acids is 2. The lowest BCUT2D eigenvalue weighted by Crippen LogP contribution is -2.32. The van der Waals surface area contributed by atoms with Crippen LogP contribution in [0.25, 0.3) is 0 Å². The van der Waals surface area contributed by atoms with Gasteiger partial charge in [-0.3, -0.25) is 14.5 Å². The summed E-state index contributed by atoms with van der Waals surface area (Å²) in [6.45, 7) is 0.216. The molecular formula is C20H18N2O5. The summed E-state index contributed by atoms with van der Waals surface area (Å²) < 4.78 is 10.5. The van der Waals surface area contributed by atoms with Gasteiger partial charge in [0.15, 0.2) is 11.5 Å². The molecule has 2 atom stereocenters. The number of benzene rings is 2. The third-order valence-corrected chi connectivity index (χ3v) is 4.77. The molecular weight excluding hydrogens is 348 g/mol. The zero-order chi connectivity index (χ0) is 19.0. The molecule has 7 heteroatoms. The highest BCUT2D eigenvalue weighted by Gasteiger charge is 2.55. The van der Waals surface area contributed by atoms with Gasteiger partial charge in [0.05, 0.1) is 20.8 Å². The van der Waals surface area contributed by atoms with E-state index in [4.69, 9.17) is 14.3 Å². The van der Waals surface area contributed by atoms with Crippen molar-refractivity contribution in [2.45, 2.75) is 12.6 Å². The Balaban J connectivity index is 1.62. The number of hydrogen-bond acceptors (Lipinski definition) is 6. The molecule has 7 nitrogen and oxygen atoms in total. The van der Waals surface area contributed by atoms with Crippen LogP contribution in [0.3, 0.4) is 0 Å². The molecule has 2 aliphatic heterocycles. The number of amides is 2. The maximum absolute atomic E-state index is 13.0. The first kappa shape index (κ1) is 17.1.